The number of rotatable bonds is 4. The Hall–Kier alpha value is -3.61. The quantitative estimate of drug-likeness (QED) is 0.410. The third kappa shape index (κ3) is 3.67. The minimum absolute atomic E-state index is 0.0313. The van der Waals surface area contributed by atoms with Gasteiger partial charge in [-0.15, -0.1) is 11.6 Å². The molecule has 0 fully saturated rings. The number of halogens is 1. The normalized spacial score (nSPS) is 12.7. The van der Waals surface area contributed by atoms with Gasteiger partial charge in [0.05, 0.1) is 17.0 Å². The fourth-order valence-electron chi connectivity index (χ4n) is 2.73. The van der Waals surface area contributed by atoms with Gasteiger partial charge in [-0.2, -0.15) is 10.5 Å². The van der Waals surface area contributed by atoms with Gasteiger partial charge in [-0.1, -0.05) is 36.4 Å². The lowest BCUT2D eigenvalue weighted by molar-refractivity contribution is 0.512. The molecule has 0 saturated carbocycles. The number of para-hydroxylation sites is 1. The number of aliphatic hydroxyl groups excluding tert-OH is 1. The number of benzene rings is 2. The molecule has 3 rings (SSSR count). The number of H-pyrrole nitrogens is 1. The van der Waals surface area contributed by atoms with Crippen molar-refractivity contribution in [2.45, 2.75) is 11.8 Å². The van der Waals surface area contributed by atoms with Gasteiger partial charge in [-0.25, -0.2) is 4.98 Å². The lowest BCUT2D eigenvalue weighted by Gasteiger charge is -2.11. The van der Waals surface area contributed by atoms with Crippen LogP contribution < -0.4 is 5.56 Å². The first-order chi connectivity index (χ1) is 13.0. The Bertz CT molecular complexity index is 1180. The smallest absolute Gasteiger partial charge is 0.259 e. The maximum absolute atomic E-state index is 12.3. The van der Waals surface area contributed by atoms with Gasteiger partial charge in [0.2, 0.25) is 0 Å². The second-order valence-corrected chi connectivity index (χ2v) is 6.25. The van der Waals surface area contributed by atoms with E-state index in [4.69, 9.17) is 16.9 Å². The van der Waals surface area contributed by atoms with Gasteiger partial charge in [0.25, 0.3) is 5.56 Å². The average molecular weight is 377 g/mol. The molecule has 6 nitrogen and oxygen atoms in total. The van der Waals surface area contributed by atoms with Gasteiger partial charge >= 0.3 is 0 Å². The first kappa shape index (κ1) is 18.2. The van der Waals surface area contributed by atoms with E-state index in [2.05, 4.69) is 9.97 Å². The molecule has 0 spiro atoms. The van der Waals surface area contributed by atoms with E-state index in [0.29, 0.717) is 22.0 Å². The zero-order valence-electron chi connectivity index (χ0n) is 14.0. The molecule has 0 radical (unpaired) electrons. The number of hydrogen-bond donors (Lipinski definition) is 2. The van der Waals surface area contributed by atoms with Crippen LogP contribution in [0.1, 0.15) is 17.0 Å². The number of aliphatic hydroxyl groups is 1. The third-order valence-electron chi connectivity index (χ3n) is 4.01. The Morgan fingerprint density at radius 3 is 2.63 bits per heavy atom. The summed E-state index contributed by atoms with van der Waals surface area (Å²) >= 11 is 5.91. The van der Waals surface area contributed by atoms with Crippen molar-refractivity contribution >= 4 is 33.8 Å². The lowest BCUT2D eigenvalue weighted by Crippen LogP contribution is -2.12. The average Bonchev–Trinajstić information content (AvgIpc) is 2.69. The van der Waals surface area contributed by atoms with Gasteiger partial charge in [0, 0.05) is 12.0 Å². The molecular formula is C20H13ClN4O2. The Labute approximate surface area is 159 Å². The van der Waals surface area contributed by atoms with Gasteiger partial charge in [0.15, 0.2) is 5.82 Å². The molecule has 1 unspecified atom stereocenters. The maximum atomic E-state index is 12.3. The fourth-order valence-corrected chi connectivity index (χ4v) is 2.89. The Balaban J connectivity index is 2.18. The second kappa shape index (κ2) is 7.74. The van der Waals surface area contributed by atoms with Crippen molar-refractivity contribution in [3.8, 4) is 12.1 Å². The SMILES string of the molecule is N#CC(=C(O)c1ccccc1CC(Cl)C#N)c1nc2ccccc2c(=O)[nH]1. The predicted molar refractivity (Wildman–Crippen MR) is 103 cm³/mol. The molecule has 1 heterocycles. The van der Waals surface area contributed by atoms with Crippen molar-refractivity contribution in [1.29, 1.82) is 10.5 Å². The summed E-state index contributed by atoms with van der Waals surface area (Å²) in [4.78, 5) is 19.1. The molecule has 1 atom stereocenters. The molecule has 1 aromatic heterocycles. The molecule has 132 valence electrons. The summed E-state index contributed by atoms with van der Waals surface area (Å²) in [5, 5.41) is 28.9. The van der Waals surface area contributed by atoms with E-state index in [0.717, 1.165) is 0 Å². The molecule has 2 aromatic carbocycles. The topological polar surface area (TPSA) is 114 Å². The lowest BCUT2D eigenvalue weighted by atomic mass is 9.99. The summed E-state index contributed by atoms with van der Waals surface area (Å²) in [5.74, 6) is -0.371. The van der Waals surface area contributed by atoms with Gasteiger partial charge in [-0.3, -0.25) is 4.79 Å². The highest BCUT2D eigenvalue weighted by Gasteiger charge is 2.18. The number of fused-ring (bicyclic) bond motifs is 1. The van der Waals surface area contributed by atoms with Crippen molar-refractivity contribution in [2.75, 3.05) is 0 Å². The van der Waals surface area contributed by atoms with Crippen LogP contribution in [0.25, 0.3) is 22.2 Å². The van der Waals surface area contributed by atoms with Crippen molar-refractivity contribution in [3.05, 3.63) is 75.8 Å². The minimum atomic E-state index is -0.775. The summed E-state index contributed by atoms with van der Waals surface area (Å²) in [7, 11) is 0. The van der Waals surface area contributed by atoms with Gasteiger partial charge in [0.1, 0.15) is 22.8 Å². The standard InChI is InChI=1S/C20H13ClN4O2/c21-13(10-22)9-12-5-1-2-6-14(12)18(26)16(11-23)19-24-17-8-4-3-7-15(17)20(27)25-19/h1-8,13,26H,9H2,(H,24,25,27). The maximum Gasteiger partial charge on any atom is 0.259 e. The third-order valence-corrected chi connectivity index (χ3v) is 4.26. The molecule has 0 saturated heterocycles. The fraction of sp³-hybridized carbons (Fsp3) is 0.100. The summed E-state index contributed by atoms with van der Waals surface area (Å²) < 4.78 is 0. The van der Waals surface area contributed by atoms with Crippen LogP contribution in [0, 0.1) is 22.7 Å². The van der Waals surface area contributed by atoms with Crippen LogP contribution >= 0.6 is 11.6 Å². The highest BCUT2D eigenvalue weighted by molar-refractivity contribution is 6.22. The Morgan fingerprint density at radius 1 is 1.19 bits per heavy atom. The molecule has 0 aliphatic carbocycles. The van der Waals surface area contributed by atoms with Crippen LogP contribution in [0.4, 0.5) is 0 Å². The van der Waals surface area contributed by atoms with Crippen molar-refractivity contribution < 1.29 is 5.11 Å². The molecule has 0 bridgehead atoms. The molecule has 2 N–H and O–H groups in total. The van der Waals surface area contributed by atoms with Gasteiger partial charge < -0.3 is 10.1 Å². The number of nitrogens with zero attached hydrogens (tertiary/aromatic N) is 3. The van der Waals surface area contributed by atoms with E-state index in [1.54, 1.807) is 48.5 Å². The second-order valence-electron chi connectivity index (χ2n) is 5.73. The highest BCUT2D eigenvalue weighted by Crippen LogP contribution is 2.26. The van der Waals surface area contributed by atoms with Crippen LogP contribution in [0.15, 0.2) is 53.3 Å². The zero-order chi connectivity index (χ0) is 19.4. The number of nitrogens with one attached hydrogen (secondary N) is 1. The molecule has 0 aliphatic heterocycles. The Morgan fingerprint density at radius 2 is 1.89 bits per heavy atom. The largest absolute Gasteiger partial charge is 0.506 e. The van der Waals surface area contributed by atoms with Crippen LogP contribution in [0.2, 0.25) is 0 Å². The molecule has 27 heavy (non-hydrogen) atoms. The van der Waals surface area contributed by atoms with Crippen LogP contribution in [0.3, 0.4) is 0 Å². The van der Waals surface area contributed by atoms with Gasteiger partial charge in [-0.05, 0) is 17.7 Å². The van der Waals surface area contributed by atoms with Crippen LogP contribution in [-0.4, -0.2) is 20.5 Å². The number of allylic oxidation sites excluding steroid dienone is 1. The molecule has 7 heteroatoms. The number of aromatic nitrogens is 2. The summed E-state index contributed by atoms with van der Waals surface area (Å²) in [6, 6.07) is 17.3. The van der Waals surface area contributed by atoms with E-state index >= 15 is 0 Å². The molecular weight excluding hydrogens is 364 g/mol. The number of hydrogen-bond acceptors (Lipinski definition) is 5. The first-order valence-corrected chi connectivity index (χ1v) is 8.43. The molecule has 0 amide bonds. The number of nitriles is 2. The van der Waals surface area contributed by atoms with E-state index in [1.807, 2.05) is 12.1 Å². The summed E-state index contributed by atoms with van der Waals surface area (Å²) in [6.07, 6.45) is 0.193. The van der Waals surface area contributed by atoms with E-state index < -0.39 is 10.9 Å². The molecule has 3 aromatic rings. The van der Waals surface area contributed by atoms with Crippen molar-refractivity contribution in [1.82, 2.24) is 9.97 Å². The predicted octanol–water partition coefficient (Wildman–Crippen LogP) is 3.55. The highest BCUT2D eigenvalue weighted by atomic mass is 35.5. The zero-order valence-corrected chi connectivity index (χ0v) is 14.7. The molecule has 0 aliphatic rings. The van der Waals surface area contributed by atoms with Crippen LogP contribution in [-0.2, 0) is 6.42 Å². The van der Waals surface area contributed by atoms with E-state index in [9.17, 15) is 15.2 Å². The first-order valence-electron chi connectivity index (χ1n) is 8.00. The minimum Gasteiger partial charge on any atom is -0.506 e. The monoisotopic (exact) mass is 376 g/mol. The van der Waals surface area contributed by atoms with Crippen LogP contribution in [0.5, 0.6) is 0 Å². The summed E-state index contributed by atoms with van der Waals surface area (Å²) in [6.45, 7) is 0. The number of alkyl halides is 1. The summed E-state index contributed by atoms with van der Waals surface area (Å²) in [5.41, 5.74) is 0.789. The van der Waals surface area contributed by atoms with E-state index in [-0.39, 0.29) is 23.6 Å². The number of aromatic amines is 1. The van der Waals surface area contributed by atoms with Crippen molar-refractivity contribution in [2.24, 2.45) is 0 Å². The van der Waals surface area contributed by atoms with Crippen molar-refractivity contribution in [3.63, 3.8) is 0 Å². The Kier molecular flexibility index (Phi) is 5.21. The van der Waals surface area contributed by atoms with E-state index in [1.165, 1.54) is 0 Å².